The lowest BCUT2D eigenvalue weighted by Crippen LogP contribution is -2.04. The highest BCUT2D eigenvalue weighted by Gasteiger charge is 2.16. The van der Waals surface area contributed by atoms with Crippen molar-refractivity contribution in [3.63, 3.8) is 0 Å². The number of hydrogen-bond donors (Lipinski definition) is 2. The number of ketones is 1. The first kappa shape index (κ1) is 13.8. The van der Waals surface area contributed by atoms with Crippen LogP contribution in [0.15, 0.2) is 48.5 Å². The van der Waals surface area contributed by atoms with Crippen molar-refractivity contribution in [2.75, 3.05) is 0 Å². The summed E-state index contributed by atoms with van der Waals surface area (Å²) in [5.74, 6) is -1.35. The second kappa shape index (κ2) is 6.02. The number of phenols is 1. The standard InChI is InChI=1S/C16H14O4/c17-14(18)10-9-12-7-4-8-13(16(12)20)15(19)11-5-2-1-3-6-11/h1-8,20H,9-10H2,(H,17,18). The van der Waals surface area contributed by atoms with Crippen LogP contribution in [0, 0.1) is 0 Å². The minimum Gasteiger partial charge on any atom is -0.507 e. The molecule has 0 spiro atoms. The number of para-hydroxylation sites is 1. The van der Waals surface area contributed by atoms with Crippen molar-refractivity contribution in [3.8, 4) is 5.75 Å². The van der Waals surface area contributed by atoms with Gasteiger partial charge in [0.25, 0.3) is 0 Å². The van der Waals surface area contributed by atoms with Crippen molar-refractivity contribution >= 4 is 11.8 Å². The van der Waals surface area contributed by atoms with E-state index in [0.717, 1.165) is 0 Å². The first-order valence-electron chi connectivity index (χ1n) is 6.22. The number of hydrogen-bond acceptors (Lipinski definition) is 3. The maximum atomic E-state index is 12.3. The van der Waals surface area contributed by atoms with E-state index in [0.29, 0.717) is 11.1 Å². The average Bonchev–Trinajstić information content (AvgIpc) is 2.46. The molecule has 0 radical (unpaired) electrons. The Morgan fingerprint density at radius 1 is 0.950 bits per heavy atom. The summed E-state index contributed by atoms with van der Waals surface area (Å²) in [4.78, 5) is 22.9. The maximum absolute atomic E-state index is 12.3. The molecule has 0 aliphatic heterocycles. The number of carbonyl (C=O) groups is 2. The molecule has 0 aromatic heterocycles. The van der Waals surface area contributed by atoms with Gasteiger partial charge < -0.3 is 10.2 Å². The van der Waals surface area contributed by atoms with Crippen molar-refractivity contribution in [1.29, 1.82) is 0 Å². The number of carbonyl (C=O) groups excluding carboxylic acids is 1. The molecular formula is C16H14O4. The number of rotatable bonds is 5. The number of benzene rings is 2. The lowest BCUT2D eigenvalue weighted by atomic mass is 9.98. The Balaban J connectivity index is 2.31. The molecular weight excluding hydrogens is 256 g/mol. The first-order chi connectivity index (χ1) is 9.59. The fraction of sp³-hybridized carbons (Fsp3) is 0.125. The number of aryl methyl sites for hydroxylation is 1. The van der Waals surface area contributed by atoms with Crippen molar-refractivity contribution in [2.24, 2.45) is 0 Å². The number of carboxylic acids is 1. The van der Waals surface area contributed by atoms with Gasteiger partial charge in [0, 0.05) is 12.0 Å². The van der Waals surface area contributed by atoms with Crippen molar-refractivity contribution in [2.45, 2.75) is 12.8 Å². The first-order valence-corrected chi connectivity index (χ1v) is 6.22. The molecule has 102 valence electrons. The van der Waals surface area contributed by atoms with Gasteiger partial charge in [-0.05, 0) is 18.1 Å². The van der Waals surface area contributed by atoms with Crippen LogP contribution in [-0.4, -0.2) is 22.0 Å². The molecule has 0 aliphatic carbocycles. The van der Waals surface area contributed by atoms with Gasteiger partial charge in [0.1, 0.15) is 5.75 Å². The van der Waals surface area contributed by atoms with E-state index in [-0.39, 0.29) is 29.9 Å². The molecule has 2 aromatic carbocycles. The average molecular weight is 270 g/mol. The summed E-state index contributed by atoms with van der Waals surface area (Å²) in [6.45, 7) is 0. The number of phenolic OH excluding ortho intramolecular Hbond substituents is 1. The summed E-state index contributed by atoms with van der Waals surface area (Å²) >= 11 is 0. The zero-order valence-corrected chi connectivity index (χ0v) is 10.7. The molecule has 0 unspecified atom stereocenters. The highest BCUT2D eigenvalue weighted by atomic mass is 16.4. The van der Waals surface area contributed by atoms with Crippen LogP contribution in [0.2, 0.25) is 0 Å². The molecule has 4 heteroatoms. The molecule has 0 aliphatic rings. The Morgan fingerprint density at radius 2 is 1.65 bits per heavy atom. The van der Waals surface area contributed by atoms with Crippen molar-refractivity contribution in [1.82, 2.24) is 0 Å². The van der Waals surface area contributed by atoms with Gasteiger partial charge >= 0.3 is 5.97 Å². The van der Waals surface area contributed by atoms with Gasteiger partial charge in [-0.25, -0.2) is 0 Å². The highest BCUT2D eigenvalue weighted by Crippen LogP contribution is 2.26. The van der Waals surface area contributed by atoms with E-state index in [2.05, 4.69) is 0 Å². The van der Waals surface area contributed by atoms with E-state index in [1.807, 2.05) is 0 Å². The van der Waals surface area contributed by atoms with Crippen LogP contribution in [0.25, 0.3) is 0 Å². The molecule has 0 saturated heterocycles. The summed E-state index contributed by atoms with van der Waals surface area (Å²) in [6, 6.07) is 13.5. The van der Waals surface area contributed by atoms with E-state index in [9.17, 15) is 14.7 Å². The molecule has 2 aromatic rings. The summed E-state index contributed by atoms with van der Waals surface area (Å²) in [6.07, 6.45) is 0.105. The van der Waals surface area contributed by atoms with Gasteiger partial charge in [-0.2, -0.15) is 0 Å². The Labute approximate surface area is 116 Å². The van der Waals surface area contributed by atoms with Gasteiger partial charge in [0.15, 0.2) is 5.78 Å². The van der Waals surface area contributed by atoms with Gasteiger partial charge in [-0.1, -0.05) is 42.5 Å². The molecule has 0 amide bonds. The Kier molecular flexibility index (Phi) is 4.15. The highest BCUT2D eigenvalue weighted by molar-refractivity contribution is 6.10. The third-order valence-corrected chi connectivity index (χ3v) is 3.01. The Hall–Kier alpha value is -2.62. The second-order valence-electron chi connectivity index (χ2n) is 4.40. The zero-order valence-electron chi connectivity index (χ0n) is 10.7. The second-order valence-corrected chi connectivity index (χ2v) is 4.40. The Morgan fingerprint density at radius 3 is 2.30 bits per heavy atom. The summed E-state index contributed by atoms with van der Waals surface area (Å²) in [5.41, 5.74) is 1.14. The number of aliphatic carboxylic acids is 1. The van der Waals surface area contributed by atoms with Crippen LogP contribution in [-0.2, 0) is 11.2 Å². The lowest BCUT2D eigenvalue weighted by Gasteiger charge is -2.08. The molecule has 0 bridgehead atoms. The fourth-order valence-electron chi connectivity index (χ4n) is 1.96. The van der Waals surface area contributed by atoms with Crippen LogP contribution in [0.1, 0.15) is 27.9 Å². The minimum atomic E-state index is -0.941. The monoisotopic (exact) mass is 270 g/mol. The summed E-state index contributed by atoms with van der Waals surface area (Å²) < 4.78 is 0. The minimum absolute atomic E-state index is 0.0868. The van der Waals surface area contributed by atoms with E-state index >= 15 is 0 Å². The van der Waals surface area contributed by atoms with Crippen LogP contribution in [0.3, 0.4) is 0 Å². The number of aromatic hydroxyl groups is 1. The smallest absolute Gasteiger partial charge is 0.303 e. The molecule has 0 heterocycles. The quantitative estimate of drug-likeness (QED) is 0.819. The molecule has 20 heavy (non-hydrogen) atoms. The van der Waals surface area contributed by atoms with Crippen molar-refractivity contribution in [3.05, 3.63) is 65.2 Å². The van der Waals surface area contributed by atoms with Crippen LogP contribution >= 0.6 is 0 Å². The van der Waals surface area contributed by atoms with Crippen LogP contribution in [0.4, 0.5) is 0 Å². The lowest BCUT2D eigenvalue weighted by molar-refractivity contribution is -0.136. The van der Waals surface area contributed by atoms with Crippen LogP contribution < -0.4 is 0 Å². The van der Waals surface area contributed by atoms with Gasteiger partial charge in [0.05, 0.1) is 5.56 Å². The van der Waals surface area contributed by atoms with Crippen LogP contribution in [0.5, 0.6) is 5.75 Å². The Bertz CT molecular complexity index is 632. The molecule has 0 saturated carbocycles. The molecule has 0 fully saturated rings. The van der Waals surface area contributed by atoms with E-state index < -0.39 is 5.97 Å². The van der Waals surface area contributed by atoms with Gasteiger partial charge in [-0.15, -0.1) is 0 Å². The SMILES string of the molecule is O=C(O)CCc1cccc(C(=O)c2ccccc2)c1O. The molecule has 2 N–H and O–H groups in total. The fourth-order valence-corrected chi connectivity index (χ4v) is 1.96. The largest absolute Gasteiger partial charge is 0.507 e. The van der Waals surface area contributed by atoms with Gasteiger partial charge in [0.2, 0.25) is 0 Å². The molecule has 2 rings (SSSR count). The normalized spacial score (nSPS) is 10.2. The predicted octanol–water partition coefficient (Wildman–Crippen LogP) is 2.64. The molecule has 4 nitrogen and oxygen atoms in total. The third kappa shape index (κ3) is 3.03. The molecule has 0 atom stereocenters. The van der Waals surface area contributed by atoms with E-state index in [4.69, 9.17) is 5.11 Å². The van der Waals surface area contributed by atoms with E-state index in [1.54, 1.807) is 42.5 Å². The number of carboxylic acid groups (broad SMARTS) is 1. The van der Waals surface area contributed by atoms with E-state index in [1.165, 1.54) is 6.07 Å². The maximum Gasteiger partial charge on any atom is 0.303 e. The zero-order chi connectivity index (χ0) is 14.5. The third-order valence-electron chi connectivity index (χ3n) is 3.01. The summed E-state index contributed by atoms with van der Waals surface area (Å²) in [5, 5.41) is 18.8. The predicted molar refractivity (Wildman–Crippen MR) is 73.9 cm³/mol. The van der Waals surface area contributed by atoms with Crippen molar-refractivity contribution < 1.29 is 19.8 Å². The topological polar surface area (TPSA) is 74.6 Å². The van der Waals surface area contributed by atoms with Gasteiger partial charge in [-0.3, -0.25) is 9.59 Å². The summed E-state index contributed by atoms with van der Waals surface area (Å²) in [7, 11) is 0.